The van der Waals surface area contributed by atoms with Crippen LogP contribution in [0.25, 0.3) is 0 Å². The summed E-state index contributed by atoms with van der Waals surface area (Å²) in [5, 5.41) is 6.85. The normalized spacial score (nSPS) is 14.3. The first-order valence-electron chi connectivity index (χ1n) is 5.28. The van der Waals surface area contributed by atoms with Crippen LogP contribution in [0, 0.1) is 0 Å². The fourth-order valence-electron chi connectivity index (χ4n) is 1.49. The van der Waals surface area contributed by atoms with E-state index < -0.39 is 0 Å². The number of rotatable bonds is 5. The molecule has 14 heavy (non-hydrogen) atoms. The summed E-state index contributed by atoms with van der Waals surface area (Å²) in [6, 6.07) is 0.361. The van der Waals surface area contributed by atoms with Crippen LogP contribution in [0.1, 0.15) is 51.6 Å². The largest absolute Gasteiger partial charge is 0.303 e. The van der Waals surface area contributed by atoms with Gasteiger partial charge in [0.1, 0.15) is 5.01 Å². The molecule has 1 atom stereocenters. The maximum absolute atomic E-state index is 4.32. The standard InChI is InChI=1S/C11H20N2S/c1-5-11(4,6-2)13-9(3)10-12-7-8-14-10/h7-9,13H,5-6H2,1-4H3. The van der Waals surface area contributed by atoms with Crippen molar-refractivity contribution in [2.45, 2.75) is 52.1 Å². The Morgan fingerprint density at radius 2 is 2.14 bits per heavy atom. The lowest BCUT2D eigenvalue weighted by Gasteiger charge is -2.31. The van der Waals surface area contributed by atoms with E-state index in [4.69, 9.17) is 0 Å². The monoisotopic (exact) mass is 212 g/mol. The SMILES string of the molecule is CCC(C)(CC)NC(C)c1nccs1. The Balaban J connectivity index is 2.60. The van der Waals surface area contributed by atoms with Gasteiger partial charge >= 0.3 is 0 Å². The van der Waals surface area contributed by atoms with Gasteiger partial charge in [-0.05, 0) is 26.7 Å². The highest BCUT2D eigenvalue weighted by atomic mass is 32.1. The van der Waals surface area contributed by atoms with Gasteiger partial charge in [0.05, 0.1) is 6.04 Å². The quantitative estimate of drug-likeness (QED) is 0.809. The fourth-order valence-corrected chi connectivity index (χ4v) is 2.13. The minimum Gasteiger partial charge on any atom is -0.303 e. The highest BCUT2D eigenvalue weighted by Crippen LogP contribution is 2.22. The third-order valence-electron chi connectivity index (χ3n) is 2.95. The van der Waals surface area contributed by atoms with E-state index in [1.165, 1.54) is 5.01 Å². The Hall–Kier alpha value is -0.410. The van der Waals surface area contributed by atoms with Crippen molar-refractivity contribution in [3.05, 3.63) is 16.6 Å². The van der Waals surface area contributed by atoms with Gasteiger partial charge in [-0.2, -0.15) is 0 Å². The van der Waals surface area contributed by atoms with E-state index in [1.54, 1.807) is 11.3 Å². The second-order valence-electron chi connectivity index (χ2n) is 4.00. The van der Waals surface area contributed by atoms with Crippen molar-refractivity contribution < 1.29 is 0 Å². The molecular weight excluding hydrogens is 192 g/mol. The van der Waals surface area contributed by atoms with Crippen molar-refractivity contribution in [3.8, 4) is 0 Å². The topological polar surface area (TPSA) is 24.9 Å². The van der Waals surface area contributed by atoms with E-state index in [1.807, 2.05) is 11.6 Å². The number of hydrogen-bond acceptors (Lipinski definition) is 3. The van der Waals surface area contributed by atoms with Crippen LogP contribution in [-0.4, -0.2) is 10.5 Å². The van der Waals surface area contributed by atoms with Gasteiger partial charge in [-0.15, -0.1) is 11.3 Å². The molecule has 1 heterocycles. The second kappa shape index (κ2) is 4.89. The number of aromatic nitrogens is 1. The number of hydrogen-bond donors (Lipinski definition) is 1. The molecule has 0 aliphatic carbocycles. The number of nitrogens with one attached hydrogen (secondary N) is 1. The van der Waals surface area contributed by atoms with Crippen LogP contribution in [0.5, 0.6) is 0 Å². The molecule has 0 fully saturated rings. The molecule has 2 nitrogen and oxygen atoms in total. The molecule has 3 heteroatoms. The fraction of sp³-hybridized carbons (Fsp3) is 0.727. The van der Waals surface area contributed by atoms with Gasteiger partial charge in [-0.1, -0.05) is 13.8 Å². The van der Waals surface area contributed by atoms with E-state index in [-0.39, 0.29) is 5.54 Å². The number of thiazole rings is 1. The highest BCUT2D eigenvalue weighted by molar-refractivity contribution is 7.09. The minimum absolute atomic E-state index is 0.241. The highest BCUT2D eigenvalue weighted by Gasteiger charge is 2.22. The van der Waals surface area contributed by atoms with E-state index in [9.17, 15) is 0 Å². The Kier molecular flexibility index (Phi) is 4.08. The van der Waals surface area contributed by atoms with Crippen LogP contribution >= 0.6 is 11.3 Å². The summed E-state index contributed by atoms with van der Waals surface area (Å²) in [4.78, 5) is 4.32. The van der Waals surface area contributed by atoms with Gasteiger partial charge in [-0.25, -0.2) is 4.98 Å². The molecule has 1 rings (SSSR count). The smallest absolute Gasteiger partial charge is 0.109 e. The van der Waals surface area contributed by atoms with Gasteiger partial charge < -0.3 is 5.32 Å². The summed E-state index contributed by atoms with van der Waals surface area (Å²) in [7, 11) is 0. The van der Waals surface area contributed by atoms with Crippen LogP contribution in [0.4, 0.5) is 0 Å². The van der Waals surface area contributed by atoms with Crippen LogP contribution in [-0.2, 0) is 0 Å². The van der Waals surface area contributed by atoms with Crippen molar-refractivity contribution in [2.75, 3.05) is 0 Å². The van der Waals surface area contributed by atoms with Gasteiger partial charge in [0, 0.05) is 17.1 Å². The van der Waals surface area contributed by atoms with E-state index in [0.29, 0.717) is 6.04 Å². The molecule has 0 spiro atoms. The van der Waals surface area contributed by atoms with Crippen molar-refractivity contribution in [1.29, 1.82) is 0 Å². The summed E-state index contributed by atoms with van der Waals surface area (Å²) in [5.41, 5.74) is 0.241. The first-order chi connectivity index (χ1) is 6.61. The lowest BCUT2D eigenvalue weighted by atomic mass is 9.94. The molecule has 0 amide bonds. The predicted octanol–water partition coefficient (Wildman–Crippen LogP) is 3.37. The zero-order valence-electron chi connectivity index (χ0n) is 9.50. The Morgan fingerprint density at radius 1 is 1.50 bits per heavy atom. The van der Waals surface area contributed by atoms with Crippen molar-refractivity contribution in [2.24, 2.45) is 0 Å². The van der Waals surface area contributed by atoms with Crippen LogP contribution in [0.3, 0.4) is 0 Å². The molecular formula is C11H20N2S. The van der Waals surface area contributed by atoms with E-state index in [0.717, 1.165) is 12.8 Å². The molecule has 0 saturated heterocycles. The summed E-state index contributed by atoms with van der Waals surface area (Å²) in [6.07, 6.45) is 4.17. The molecule has 0 saturated carbocycles. The van der Waals surface area contributed by atoms with Gasteiger partial charge in [0.25, 0.3) is 0 Å². The Labute approximate surface area is 90.8 Å². The minimum atomic E-state index is 0.241. The second-order valence-corrected chi connectivity index (χ2v) is 4.93. The maximum atomic E-state index is 4.32. The Morgan fingerprint density at radius 3 is 2.57 bits per heavy atom. The maximum Gasteiger partial charge on any atom is 0.109 e. The molecule has 1 N–H and O–H groups in total. The van der Waals surface area contributed by atoms with E-state index in [2.05, 4.69) is 38.0 Å². The van der Waals surface area contributed by atoms with Gasteiger partial charge in [-0.3, -0.25) is 0 Å². The lowest BCUT2D eigenvalue weighted by Crippen LogP contribution is -2.42. The van der Waals surface area contributed by atoms with Crippen LogP contribution in [0.15, 0.2) is 11.6 Å². The van der Waals surface area contributed by atoms with Crippen molar-refractivity contribution in [1.82, 2.24) is 10.3 Å². The summed E-state index contributed by atoms with van der Waals surface area (Å²) >= 11 is 1.72. The first kappa shape index (κ1) is 11.7. The first-order valence-corrected chi connectivity index (χ1v) is 6.16. The van der Waals surface area contributed by atoms with Crippen LogP contribution in [0.2, 0.25) is 0 Å². The molecule has 80 valence electrons. The molecule has 1 unspecified atom stereocenters. The summed E-state index contributed by atoms with van der Waals surface area (Å²) in [5.74, 6) is 0. The summed E-state index contributed by atoms with van der Waals surface area (Å²) in [6.45, 7) is 8.91. The van der Waals surface area contributed by atoms with Gasteiger partial charge in [0.2, 0.25) is 0 Å². The average molecular weight is 212 g/mol. The van der Waals surface area contributed by atoms with Crippen molar-refractivity contribution in [3.63, 3.8) is 0 Å². The molecule has 0 aromatic carbocycles. The van der Waals surface area contributed by atoms with Crippen LogP contribution < -0.4 is 5.32 Å². The van der Waals surface area contributed by atoms with Crippen molar-refractivity contribution >= 4 is 11.3 Å². The molecule has 0 bridgehead atoms. The van der Waals surface area contributed by atoms with E-state index >= 15 is 0 Å². The molecule has 0 aliphatic heterocycles. The molecule has 0 radical (unpaired) electrons. The predicted molar refractivity (Wildman–Crippen MR) is 62.7 cm³/mol. The third-order valence-corrected chi connectivity index (χ3v) is 3.91. The zero-order chi connectivity index (χ0) is 10.6. The third kappa shape index (κ3) is 2.79. The molecule has 0 aliphatic rings. The average Bonchev–Trinajstić information content (AvgIpc) is 2.70. The summed E-state index contributed by atoms with van der Waals surface area (Å²) < 4.78 is 0. The lowest BCUT2D eigenvalue weighted by molar-refractivity contribution is 0.299. The zero-order valence-corrected chi connectivity index (χ0v) is 10.3. The Bertz CT molecular complexity index is 252. The number of nitrogens with zero attached hydrogens (tertiary/aromatic N) is 1. The van der Waals surface area contributed by atoms with Gasteiger partial charge in [0.15, 0.2) is 0 Å². The molecule has 1 aromatic heterocycles. The molecule has 1 aromatic rings.